The Morgan fingerprint density at radius 2 is 1.93 bits per heavy atom. The first-order valence-electron chi connectivity index (χ1n) is 9.84. The number of benzene rings is 1. The quantitative estimate of drug-likeness (QED) is 0.618. The minimum atomic E-state index is -0.270. The summed E-state index contributed by atoms with van der Waals surface area (Å²) < 4.78 is 0. The number of nitrogens with one attached hydrogen (secondary N) is 1. The highest BCUT2D eigenvalue weighted by Crippen LogP contribution is 2.32. The summed E-state index contributed by atoms with van der Waals surface area (Å²) in [6, 6.07) is 7.42. The van der Waals surface area contributed by atoms with Gasteiger partial charge < -0.3 is 10.2 Å². The second-order valence-corrected chi connectivity index (χ2v) is 7.28. The number of carbonyl (C=O) groups is 1. The molecule has 0 spiro atoms. The van der Waals surface area contributed by atoms with Crippen LogP contribution < -0.4 is 5.32 Å². The van der Waals surface area contributed by atoms with Gasteiger partial charge in [-0.2, -0.15) is 0 Å². The third kappa shape index (κ3) is 4.16. The third-order valence-corrected chi connectivity index (χ3v) is 5.55. The number of likely N-dealkylation sites (tertiary alicyclic amines) is 1. The SMILES string of the molecule is CNC(=O)c1ccccc1C(C)C1=CC([N+](=O)[O-])=C(N2CCCCC2)CC=C1. The van der Waals surface area contributed by atoms with Crippen molar-refractivity contribution in [1.29, 1.82) is 0 Å². The van der Waals surface area contributed by atoms with Gasteiger partial charge in [0.05, 0.1) is 10.6 Å². The van der Waals surface area contributed by atoms with Gasteiger partial charge in [0.2, 0.25) is 0 Å². The summed E-state index contributed by atoms with van der Waals surface area (Å²) in [5, 5.41) is 14.5. The van der Waals surface area contributed by atoms with Crippen LogP contribution in [0.15, 0.2) is 59.5 Å². The van der Waals surface area contributed by atoms with Crippen molar-refractivity contribution in [2.45, 2.75) is 38.5 Å². The molecule has 1 atom stereocenters. The lowest BCUT2D eigenvalue weighted by molar-refractivity contribution is -0.421. The van der Waals surface area contributed by atoms with Crippen molar-refractivity contribution in [3.05, 3.63) is 80.7 Å². The van der Waals surface area contributed by atoms with Gasteiger partial charge in [0.15, 0.2) is 0 Å². The predicted molar refractivity (Wildman–Crippen MR) is 110 cm³/mol. The summed E-state index contributed by atoms with van der Waals surface area (Å²) in [6.45, 7) is 3.74. The molecule has 1 aliphatic heterocycles. The Kier molecular flexibility index (Phi) is 6.29. The van der Waals surface area contributed by atoms with Crippen molar-refractivity contribution in [2.75, 3.05) is 20.1 Å². The molecule has 3 rings (SSSR count). The number of nitro groups is 1. The Balaban J connectivity index is 2.01. The Morgan fingerprint density at radius 1 is 1.21 bits per heavy atom. The first-order valence-corrected chi connectivity index (χ1v) is 9.84. The Labute approximate surface area is 165 Å². The maximum atomic E-state index is 12.2. The minimum absolute atomic E-state index is 0.139. The number of hydrogen-bond donors (Lipinski definition) is 1. The summed E-state index contributed by atoms with van der Waals surface area (Å²) in [6.07, 6.45) is 9.55. The predicted octanol–water partition coefficient (Wildman–Crippen LogP) is 4.01. The number of rotatable bonds is 5. The third-order valence-electron chi connectivity index (χ3n) is 5.55. The molecule has 0 saturated carbocycles. The molecule has 6 nitrogen and oxygen atoms in total. The van der Waals surface area contributed by atoms with Gasteiger partial charge in [-0.15, -0.1) is 0 Å². The van der Waals surface area contributed by atoms with Gasteiger partial charge in [-0.05, 0) is 36.5 Å². The topological polar surface area (TPSA) is 75.5 Å². The zero-order valence-corrected chi connectivity index (χ0v) is 16.5. The number of amides is 1. The van der Waals surface area contributed by atoms with Gasteiger partial charge in [0.25, 0.3) is 11.6 Å². The van der Waals surface area contributed by atoms with Crippen molar-refractivity contribution in [1.82, 2.24) is 10.2 Å². The molecule has 1 saturated heterocycles. The van der Waals surface area contributed by atoms with Crippen LogP contribution in [0.2, 0.25) is 0 Å². The molecule has 1 N–H and O–H groups in total. The summed E-state index contributed by atoms with van der Waals surface area (Å²) in [7, 11) is 1.60. The van der Waals surface area contributed by atoms with Gasteiger partial charge in [0, 0.05) is 44.1 Å². The zero-order valence-electron chi connectivity index (χ0n) is 16.5. The monoisotopic (exact) mass is 381 g/mol. The van der Waals surface area contributed by atoms with E-state index in [0.717, 1.165) is 42.8 Å². The second kappa shape index (κ2) is 8.87. The van der Waals surface area contributed by atoms with Crippen LogP contribution in [-0.2, 0) is 0 Å². The first-order chi connectivity index (χ1) is 13.5. The Morgan fingerprint density at radius 3 is 2.61 bits per heavy atom. The summed E-state index contributed by atoms with van der Waals surface area (Å²) >= 11 is 0. The lowest BCUT2D eigenvalue weighted by atomic mass is 9.88. The summed E-state index contributed by atoms with van der Waals surface area (Å²) in [5.41, 5.74) is 3.27. The van der Waals surface area contributed by atoms with E-state index in [9.17, 15) is 14.9 Å². The average molecular weight is 381 g/mol. The van der Waals surface area contributed by atoms with E-state index >= 15 is 0 Å². The molecule has 1 heterocycles. The van der Waals surface area contributed by atoms with Crippen LogP contribution in [-0.4, -0.2) is 35.9 Å². The van der Waals surface area contributed by atoms with E-state index in [2.05, 4.69) is 10.2 Å². The lowest BCUT2D eigenvalue weighted by Gasteiger charge is -2.29. The van der Waals surface area contributed by atoms with E-state index in [1.165, 1.54) is 6.42 Å². The van der Waals surface area contributed by atoms with Crippen LogP contribution in [0.1, 0.15) is 54.4 Å². The van der Waals surface area contributed by atoms with Crippen LogP contribution in [0, 0.1) is 10.1 Å². The van der Waals surface area contributed by atoms with Gasteiger partial charge in [0.1, 0.15) is 0 Å². The van der Waals surface area contributed by atoms with E-state index in [0.29, 0.717) is 12.0 Å². The number of carbonyl (C=O) groups excluding carboxylic acids is 1. The fourth-order valence-corrected chi connectivity index (χ4v) is 3.98. The summed E-state index contributed by atoms with van der Waals surface area (Å²) in [4.78, 5) is 26.0. The highest BCUT2D eigenvalue weighted by atomic mass is 16.6. The highest BCUT2D eigenvalue weighted by Gasteiger charge is 2.26. The molecule has 1 fully saturated rings. The fraction of sp³-hybridized carbons (Fsp3) is 0.409. The van der Waals surface area contributed by atoms with E-state index in [1.54, 1.807) is 19.2 Å². The van der Waals surface area contributed by atoms with Crippen LogP contribution in [0.3, 0.4) is 0 Å². The van der Waals surface area contributed by atoms with Crippen molar-refractivity contribution >= 4 is 5.91 Å². The molecule has 2 aliphatic rings. The smallest absolute Gasteiger partial charge is 0.288 e. The molecule has 0 bridgehead atoms. The molecule has 1 aromatic rings. The van der Waals surface area contributed by atoms with E-state index in [1.807, 2.05) is 37.3 Å². The van der Waals surface area contributed by atoms with Crippen molar-refractivity contribution in [2.24, 2.45) is 0 Å². The van der Waals surface area contributed by atoms with Crippen molar-refractivity contribution < 1.29 is 9.72 Å². The molecule has 1 aromatic carbocycles. The number of hydrogen-bond acceptors (Lipinski definition) is 4. The first kappa shape index (κ1) is 19.9. The lowest BCUT2D eigenvalue weighted by Crippen LogP contribution is -2.30. The maximum absolute atomic E-state index is 12.2. The molecule has 1 aliphatic carbocycles. The maximum Gasteiger partial charge on any atom is 0.288 e. The van der Waals surface area contributed by atoms with Crippen LogP contribution >= 0.6 is 0 Å². The molecule has 1 amide bonds. The second-order valence-electron chi connectivity index (χ2n) is 7.28. The van der Waals surface area contributed by atoms with Gasteiger partial charge in [-0.3, -0.25) is 14.9 Å². The fourth-order valence-electron chi connectivity index (χ4n) is 3.98. The van der Waals surface area contributed by atoms with Gasteiger partial charge in [-0.1, -0.05) is 37.3 Å². The largest absolute Gasteiger partial charge is 0.369 e. The Bertz CT molecular complexity index is 848. The van der Waals surface area contributed by atoms with Crippen LogP contribution in [0.25, 0.3) is 0 Å². The van der Waals surface area contributed by atoms with E-state index in [-0.39, 0.29) is 22.4 Å². The van der Waals surface area contributed by atoms with Gasteiger partial charge >= 0.3 is 0 Å². The molecule has 148 valence electrons. The molecule has 1 unspecified atom stereocenters. The number of allylic oxidation sites excluding steroid dienone is 4. The summed E-state index contributed by atoms with van der Waals surface area (Å²) in [5.74, 6) is -0.292. The standard InChI is InChI=1S/C22H27N3O3/c1-16(18-10-4-5-11-19(18)22(26)23-2)17-9-8-12-20(21(15-17)25(27)28)24-13-6-3-7-14-24/h4-5,8-11,15-16H,3,6-7,12-14H2,1-2H3,(H,23,26). The van der Waals surface area contributed by atoms with Crippen LogP contribution in [0.5, 0.6) is 0 Å². The van der Waals surface area contributed by atoms with Crippen molar-refractivity contribution in [3.63, 3.8) is 0 Å². The van der Waals surface area contributed by atoms with E-state index in [4.69, 9.17) is 0 Å². The van der Waals surface area contributed by atoms with Gasteiger partial charge in [-0.25, -0.2) is 0 Å². The van der Waals surface area contributed by atoms with E-state index < -0.39 is 0 Å². The number of piperidine rings is 1. The molecule has 0 radical (unpaired) electrons. The molecule has 0 aromatic heterocycles. The average Bonchev–Trinajstić information content (AvgIpc) is 2.96. The number of nitrogens with zero attached hydrogens (tertiary/aromatic N) is 2. The highest BCUT2D eigenvalue weighted by molar-refractivity contribution is 5.95. The Hall–Kier alpha value is -2.89. The molecule has 28 heavy (non-hydrogen) atoms. The zero-order chi connectivity index (χ0) is 20.1. The molecular weight excluding hydrogens is 354 g/mol. The molecular formula is C22H27N3O3. The molecule has 6 heteroatoms. The van der Waals surface area contributed by atoms with Crippen molar-refractivity contribution in [3.8, 4) is 0 Å². The normalized spacial score (nSPS) is 18.4. The van der Waals surface area contributed by atoms with Crippen LogP contribution in [0.4, 0.5) is 0 Å². The minimum Gasteiger partial charge on any atom is -0.369 e.